The largest absolute Gasteiger partial charge is 0.423 e. The highest BCUT2D eigenvalue weighted by Crippen LogP contribution is 2.21. The standard InChI is InChI=1S/C28H25N3O5/c32-27(15-14-21-10-6-11-23(18-21)31(34)35)30(20-22-8-2-1-3-9-22)17-7-16-29-25-19-28(33)36-26-13-5-4-12-24(25)26/h1-6,8-15,18-19,29H,7,16-17,20H2/b15-14+. The van der Waals surface area contributed by atoms with Crippen molar-refractivity contribution in [2.45, 2.75) is 13.0 Å². The Kier molecular flexibility index (Phi) is 7.87. The smallest absolute Gasteiger partial charge is 0.338 e. The first-order chi connectivity index (χ1) is 17.5. The number of nitrogens with zero attached hydrogens (tertiary/aromatic N) is 2. The molecule has 0 bridgehead atoms. The van der Waals surface area contributed by atoms with Crippen molar-refractivity contribution in [1.29, 1.82) is 0 Å². The van der Waals surface area contributed by atoms with Crippen molar-refractivity contribution in [3.05, 3.63) is 123 Å². The number of nitrogens with one attached hydrogen (secondary N) is 1. The molecule has 182 valence electrons. The molecule has 0 radical (unpaired) electrons. The van der Waals surface area contributed by atoms with E-state index >= 15 is 0 Å². The van der Waals surface area contributed by atoms with Gasteiger partial charge in [-0.15, -0.1) is 0 Å². The number of nitro benzene ring substituents is 1. The van der Waals surface area contributed by atoms with Gasteiger partial charge in [0.1, 0.15) is 5.58 Å². The molecule has 0 aliphatic carbocycles. The van der Waals surface area contributed by atoms with Gasteiger partial charge in [-0.2, -0.15) is 0 Å². The van der Waals surface area contributed by atoms with E-state index in [9.17, 15) is 19.7 Å². The predicted octanol–water partition coefficient (Wildman–Crippen LogP) is 5.25. The summed E-state index contributed by atoms with van der Waals surface area (Å²) in [6.45, 7) is 1.44. The van der Waals surface area contributed by atoms with Crippen LogP contribution in [0.25, 0.3) is 17.0 Å². The highest BCUT2D eigenvalue weighted by Gasteiger charge is 2.12. The maximum atomic E-state index is 13.1. The molecule has 0 unspecified atom stereocenters. The van der Waals surface area contributed by atoms with Crippen molar-refractivity contribution in [2.75, 3.05) is 18.4 Å². The molecule has 0 aliphatic rings. The predicted molar refractivity (Wildman–Crippen MR) is 140 cm³/mol. The Labute approximate surface area is 207 Å². The Balaban J connectivity index is 1.43. The molecule has 0 saturated heterocycles. The Hall–Kier alpha value is -4.72. The van der Waals surface area contributed by atoms with E-state index < -0.39 is 10.5 Å². The number of rotatable bonds is 10. The number of nitro groups is 1. The number of carbonyl (C=O) groups is 1. The minimum atomic E-state index is -0.465. The molecule has 4 aromatic rings. The average molecular weight is 484 g/mol. The third kappa shape index (κ3) is 6.44. The second-order valence-corrected chi connectivity index (χ2v) is 8.19. The number of hydrogen-bond acceptors (Lipinski definition) is 6. The quantitative estimate of drug-likeness (QED) is 0.109. The average Bonchev–Trinajstić information content (AvgIpc) is 2.89. The number of carbonyl (C=O) groups excluding carboxylic acids is 1. The third-order valence-electron chi connectivity index (χ3n) is 5.60. The van der Waals surface area contributed by atoms with Gasteiger partial charge in [-0.3, -0.25) is 14.9 Å². The second-order valence-electron chi connectivity index (χ2n) is 8.19. The van der Waals surface area contributed by atoms with Crippen molar-refractivity contribution < 1.29 is 14.1 Å². The topological polar surface area (TPSA) is 106 Å². The van der Waals surface area contributed by atoms with Gasteiger partial charge in [0, 0.05) is 49.3 Å². The number of hydrogen-bond donors (Lipinski definition) is 1. The van der Waals surface area contributed by atoms with Gasteiger partial charge in [0.2, 0.25) is 5.91 Å². The van der Waals surface area contributed by atoms with E-state index in [-0.39, 0.29) is 11.6 Å². The fourth-order valence-electron chi connectivity index (χ4n) is 3.84. The van der Waals surface area contributed by atoms with Crippen LogP contribution in [0.5, 0.6) is 0 Å². The van der Waals surface area contributed by atoms with Crippen LogP contribution in [0.15, 0.2) is 100 Å². The Morgan fingerprint density at radius 2 is 1.78 bits per heavy atom. The van der Waals surface area contributed by atoms with Crippen molar-refractivity contribution in [3.8, 4) is 0 Å². The fourth-order valence-corrected chi connectivity index (χ4v) is 3.84. The molecular formula is C28H25N3O5. The molecule has 0 fully saturated rings. The van der Waals surface area contributed by atoms with Gasteiger partial charge in [-0.25, -0.2) is 4.79 Å². The fraction of sp³-hybridized carbons (Fsp3) is 0.143. The van der Waals surface area contributed by atoms with Gasteiger partial charge >= 0.3 is 5.63 Å². The second kappa shape index (κ2) is 11.6. The highest BCUT2D eigenvalue weighted by atomic mass is 16.6. The molecule has 1 amide bonds. The lowest BCUT2D eigenvalue weighted by atomic mass is 10.1. The molecule has 3 aromatic carbocycles. The molecule has 1 heterocycles. The molecule has 0 spiro atoms. The van der Waals surface area contributed by atoms with E-state index in [1.807, 2.05) is 48.5 Å². The van der Waals surface area contributed by atoms with Gasteiger partial charge in [0.05, 0.1) is 10.6 Å². The molecule has 1 N–H and O–H groups in total. The molecular weight excluding hydrogens is 458 g/mol. The van der Waals surface area contributed by atoms with E-state index in [1.165, 1.54) is 24.3 Å². The zero-order valence-corrected chi connectivity index (χ0v) is 19.5. The summed E-state index contributed by atoms with van der Waals surface area (Å²) in [4.78, 5) is 37.2. The molecule has 8 nitrogen and oxygen atoms in total. The van der Waals surface area contributed by atoms with E-state index in [2.05, 4.69) is 5.32 Å². The first-order valence-electron chi connectivity index (χ1n) is 11.5. The molecule has 4 rings (SSSR count). The van der Waals surface area contributed by atoms with Crippen LogP contribution in [0.4, 0.5) is 11.4 Å². The van der Waals surface area contributed by atoms with Crippen LogP contribution >= 0.6 is 0 Å². The summed E-state index contributed by atoms with van der Waals surface area (Å²) in [5.74, 6) is -0.198. The SMILES string of the molecule is O=C(/C=C/c1cccc([N+](=O)[O-])c1)N(CCCNc1cc(=O)oc2ccccc12)Cc1ccccc1. The summed E-state index contributed by atoms with van der Waals surface area (Å²) < 4.78 is 5.24. The van der Waals surface area contributed by atoms with E-state index in [0.717, 1.165) is 10.9 Å². The molecule has 36 heavy (non-hydrogen) atoms. The monoisotopic (exact) mass is 483 g/mol. The van der Waals surface area contributed by atoms with Gasteiger partial charge in [-0.1, -0.05) is 54.6 Å². The van der Waals surface area contributed by atoms with Gasteiger partial charge in [0.25, 0.3) is 5.69 Å². The number of anilines is 1. The zero-order valence-electron chi connectivity index (χ0n) is 19.5. The molecule has 0 atom stereocenters. The zero-order chi connectivity index (χ0) is 25.3. The van der Waals surface area contributed by atoms with Crippen LogP contribution in [0.3, 0.4) is 0 Å². The molecule has 0 saturated carbocycles. The maximum absolute atomic E-state index is 13.1. The van der Waals surface area contributed by atoms with E-state index in [1.54, 1.807) is 29.2 Å². The summed E-state index contributed by atoms with van der Waals surface area (Å²) in [5.41, 5.74) is 2.32. The van der Waals surface area contributed by atoms with Crippen molar-refractivity contribution in [2.24, 2.45) is 0 Å². The summed E-state index contributed by atoms with van der Waals surface area (Å²) in [6, 6.07) is 24.5. The van der Waals surface area contributed by atoms with Crippen LogP contribution in [0, 0.1) is 10.1 Å². The number of benzene rings is 3. The van der Waals surface area contributed by atoms with Crippen molar-refractivity contribution in [1.82, 2.24) is 4.90 Å². The van der Waals surface area contributed by atoms with Crippen LogP contribution in [0.2, 0.25) is 0 Å². The van der Waals surface area contributed by atoms with Crippen LogP contribution in [0.1, 0.15) is 17.5 Å². The van der Waals surface area contributed by atoms with E-state index in [4.69, 9.17) is 4.42 Å². The first kappa shape index (κ1) is 24.4. The molecule has 8 heteroatoms. The lowest BCUT2D eigenvalue weighted by Crippen LogP contribution is -2.31. The number of non-ortho nitro benzene ring substituents is 1. The minimum Gasteiger partial charge on any atom is -0.423 e. The minimum absolute atomic E-state index is 0.0284. The molecule has 1 aromatic heterocycles. The lowest BCUT2D eigenvalue weighted by molar-refractivity contribution is -0.384. The Morgan fingerprint density at radius 1 is 1.00 bits per heavy atom. The summed E-state index contributed by atoms with van der Waals surface area (Å²) in [5, 5.41) is 15.1. The Morgan fingerprint density at radius 3 is 2.58 bits per heavy atom. The van der Waals surface area contributed by atoms with Gasteiger partial charge in [-0.05, 0) is 35.8 Å². The number of amides is 1. The normalized spacial score (nSPS) is 11.0. The molecule has 0 aliphatic heterocycles. The lowest BCUT2D eigenvalue weighted by Gasteiger charge is -2.22. The highest BCUT2D eigenvalue weighted by molar-refractivity contribution is 5.92. The number of para-hydroxylation sites is 1. The maximum Gasteiger partial charge on any atom is 0.338 e. The van der Waals surface area contributed by atoms with Crippen LogP contribution in [-0.4, -0.2) is 28.8 Å². The number of fused-ring (bicyclic) bond motifs is 1. The summed E-state index contributed by atoms with van der Waals surface area (Å²) >= 11 is 0. The van der Waals surface area contributed by atoms with Gasteiger partial charge < -0.3 is 14.6 Å². The summed E-state index contributed by atoms with van der Waals surface area (Å²) in [7, 11) is 0. The first-order valence-corrected chi connectivity index (χ1v) is 11.5. The van der Waals surface area contributed by atoms with Gasteiger partial charge in [0.15, 0.2) is 0 Å². The summed E-state index contributed by atoms with van der Waals surface area (Å²) in [6.07, 6.45) is 3.66. The Bertz CT molecular complexity index is 1450. The third-order valence-corrected chi connectivity index (χ3v) is 5.60. The van der Waals surface area contributed by atoms with Crippen molar-refractivity contribution >= 4 is 34.3 Å². The van der Waals surface area contributed by atoms with Crippen LogP contribution in [-0.2, 0) is 11.3 Å². The van der Waals surface area contributed by atoms with E-state index in [0.29, 0.717) is 42.9 Å². The van der Waals surface area contributed by atoms with Crippen LogP contribution < -0.4 is 10.9 Å². The van der Waals surface area contributed by atoms with Crippen molar-refractivity contribution in [3.63, 3.8) is 0 Å².